The Labute approximate surface area is 127 Å². The normalized spacial score (nSPS) is 12.6. The van der Waals surface area contributed by atoms with Gasteiger partial charge in [-0.05, 0) is 29.5 Å². The minimum atomic E-state index is 0.368. The molecule has 0 radical (unpaired) electrons. The number of hydrogen-bond donors (Lipinski definition) is 1. The van der Waals surface area contributed by atoms with Crippen molar-refractivity contribution >= 4 is 11.6 Å². The van der Waals surface area contributed by atoms with Gasteiger partial charge in [0.15, 0.2) is 0 Å². The fourth-order valence-corrected chi connectivity index (χ4v) is 2.57. The molecule has 0 heterocycles. The van der Waals surface area contributed by atoms with Gasteiger partial charge in [-0.1, -0.05) is 74.0 Å². The summed E-state index contributed by atoms with van der Waals surface area (Å²) < 4.78 is 0. The van der Waals surface area contributed by atoms with Crippen LogP contribution in [0.3, 0.4) is 0 Å². The molecule has 1 atom stereocenters. The average molecular weight is 288 g/mol. The number of rotatable bonds is 6. The highest BCUT2D eigenvalue weighted by Crippen LogP contribution is 2.23. The minimum Gasteiger partial charge on any atom is -0.306 e. The Kier molecular flexibility index (Phi) is 5.63. The zero-order valence-electron chi connectivity index (χ0n) is 12.1. The lowest BCUT2D eigenvalue weighted by Gasteiger charge is -2.21. The molecule has 1 nitrogen and oxygen atoms in total. The maximum atomic E-state index is 6.22. The highest BCUT2D eigenvalue weighted by atomic mass is 35.5. The van der Waals surface area contributed by atoms with Crippen molar-refractivity contribution in [2.45, 2.75) is 32.9 Å². The maximum Gasteiger partial charge on any atom is 0.0450 e. The lowest BCUT2D eigenvalue weighted by Crippen LogP contribution is -2.22. The van der Waals surface area contributed by atoms with Crippen LogP contribution >= 0.6 is 11.6 Å². The van der Waals surface area contributed by atoms with Gasteiger partial charge in [-0.2, -0.15) is 0 Å². The summed E-state index contributed by atoms with van der Waals surface area (Å²) in [6, 6.07) is 19.0. The Morgan fingerprint density at radius 3 is 2.25 bits per heavy atom. The van der Waals surface area contributed by atoms with Crippen LogP contribution in [0.5, 0.6) is 0 Å². The molecule has 0 spiro atoms. The Balaban J connectivity index is 2.07. The summed E-state index contributed by atoms with van der Waals surface area (Å²) >= 11 is 6.22. The van der Waals surface area contributed by atoms with E-state index in [1.807, 2.05) is 18.2 Å². The molecule has 20 heavy (non-hydrogen) atoms. The van der Waals surface area contributed by atoms with Gasteiger partial charge < -0.3 is 5.32 Å². The first kappa shape index (κ1) is 15.1. The van der Waals surface area contributed by atoms with E-state index in [2.05, 4.69) is 55.6 Å². The smallest absolute Gasteiger partial charge is 0.0450 e. The third-order valence-corrected chi connectivity index (χ3v) is 3.77. The van der Waals surface area contributed by atoms with Crippen LogP contribution in [0.2, 0.25) is 5.02 Å². The van der Waals surface area contributed by atoms with Gasteiger partial charge in [0.1, 0.15) is 0 Å². The highest BCUT2D eigenvalue weighted by Gasteiger charge is 2.13. The lowest BCUT2D eigenvalue weighted by atomic mass is 9.97. The van der Waals surface area contributed by atoms with E-state index in [0.29, 0.717) is 12.0 Å². The van der Waals surface area contributed by atoms with Crippen LogP contribution < -0.4 is 5.32 Å². The molecule has 0 saturated carbocycles. The van der Waals surface area contributed by atoms with Gasteiger partial charge in [0.05, 0.1) is 0 Å². The van der Waals surface area contributed by atoms with Gasteiger partial charge in [0.2, 0.25) is 0 Å². The van der Waals surface area contributed by atoms with Crippen LogP contribution in [0.15, 0.2) is 54.6 Å². The summed E-state index contributed by atoms with van der Waals surface area (Å²) in [6.07, 6.45) is 1.12. The van der Waals surface area contributed by atoms with Gasteiger partial charge in [0, 0.05) is 17.6 Å². The first-order chi connectivity index (χ1) is 9.66. The van der Waals surface area contributed by atoms with Crippen molar-refractivity contribution < 1.29 is 0 Å². The second-order valence-electron chi connectivity index (χ2n) is 5.57. The molecule has 1 N–H and O–H groups in total. The second-order valence-corrected chi connectivity index (χ2v) is 5.97. The first-order valence-electron chi connectivity index (χ1n) is 7.18. The standard InChI is InChI=1S/C18H22ClN/c1-14(2)12-18(15-8-4-3-5-9-15)20-13-16-10-6-7-11-17(16)19/h3-11,14,18,20H,12-13H2,1-2H3. The third kappa shape index (κ3) is 4.36. The predicted octanol–water partition coefficient (Wildman–Crippen LogP) is 5.22. The van der Waals surface area contributed by atoms with Gasteiger partial charge in [-0.3, -0.25) is 0 Å². The molecule has 2 rings (SSSR count). The number of benzene rings is 2. The molecule has 0 aliphatic heterocycles. The van der Waals surface area contributed by atoms with E-state index >= 15 is 0 Å². The quantitative estimate of drug-likeness (QED) is 0.768. The van der Waals surface area contributed by atoms with E-state index in [4.69, 9.17) is 11.6 Å². The molecule has 0 aromatic heterocycles. The van der Waals surface area contributed by atoms with Crippen molar-refractivity contribution in [3.63, 3.8) is 0 Å². The lowest BCUT2D eigenvalue weighted by molar-refractivity contribution is 0.428. The number of hydrogen-bond acceptors (Lipinski definition) is 1. The number of nitrogens with one attached hydrogen (secondary N) is 1. The van der Waals surface area contributed by atoms with Crippen molar-refractivity contribution in [3.05, 3.63) is 70.7 Å². The van der Waals surface area contributed by atoms with E-state index in [1.165, 1.54) is 5.56 Å². The van der Waals surface area contributed by atoms with Crippen LogP contribution in [0.25, 0.3) is 0 Å². The molecule has 2 aromatic carbocycles. The first-order valence-corrected chi connectivity index (χ1v) is 7.56. The Morgan fingerprint density at radius 1 is 0.950 bits per heavy atom. The minimum absolute atomic E-state index is 0.368. The van der Waals surface area contributed by atoms with E-state index < -0.39 is 0 Å². The van der Waals surface area contributed by atoms with Crippen LogP contribution in [0, 0.1) is 5.92 Å². The SMILES string of the molecule is CC(C)CC(NCc1ccccc1Cl)c1ccccc1. The summed E-state index contributed by atoms with van der Waals surface area (Å²) in [6.45, 7) is 5.31. The average Bonchev–Trinajstić information content (AvgIpc) is 2.45. The van der Waals surface area contributed by atoms with Gasteiger partial charge in [0.25, 0.3) is 0 Å². The summed E-state index contributed by atoms with van der Waals surface area (Å²) in [7, 11) is 0. The zero-order chi connectivity index (χ0) is 14.4. The van der Waals surface area contributed by atoms with Crippen molar-refractivity contribution in [2.75, 3.05) is 0 Å². The Bertz CT molecular complexity index is 522. The molecule has 0 aliphatic carbocycles. The largest absolute Gasteiger partial charge is 0.306 e. The molecule has 0 bridgehead atoms. The Hall–Kier alpha value is -1.31. The molecule has 2 heteroatoms. The van der Waals surface area contributed by atoms with Gasteiger partial charge in [-0.15, -0.1) is 0 Å². The number of halogens is 1. The van der Waals surface area contributed by atoms with E-state index in [0.717, 1.165) is 23.6 Å². The van der Waals surface area contributed by atoms with Crippen molar-refractivity contribution in [2.24, 2.45) is 5.92 Å². The summed E-state index contributed by atoms with van der Waals surface area (Å²) in [5.74, 6) is 0.652. The molecule has 106 valence electrons. The summed E-state index contributed by atoms with van der Waals surface area (Å²) in [5.41, 5.74) is 2.49. The van der Waals surface area contributed by atoms with E-state index in [1.54, 1.807) is 0 Å². The van der Waals surface area contributed by atoms with E-state index in [9.17, 15) is 0 Å². The molecule has 0 aliphatic rings. The highest BCUT2D eigenvalue weighted by molar-refractivity contribution is 6.31. The molecule has 0 amide bonds. The maximum absolute atomic E-state index is 6.22. The molecular weight excluding hydrogens is 266 g/mol. The van der Waals surface area contributed by atoms with Gasteiger partial charge >= 0.3 is 0 Å². The van der Waals surface area contributed by atoms with Crippen molar-refractivity contribution in [3.8, 4) is 0 Å². The van der Waals surface area contributed by atoms with Crippen molar-refractivity contribution in [1.29, 1.82) is 0 Å². The zero-order valence-corrected chi connectivity index (χ0v) is 12.9. The molecule has 0 fully saturated rings. The summed E-state index contributed by atoms with van der Waals surface area (Å²) in [5, 5.41) is 4.47. The van der Waals surface area contributed by atoms with Crippen LogP contribution in [-0.4, -0.2) is 0 Å². The fraction of sp³-hybridized carbons (Fsp3) is 0.333. The molecular formula is C18H22ClN. The van der Waals surface area contributed by atoms with Crippen molar-refractivity contribution in [1.82, 2.24) is 5.32 Å². The monoisotopic (exact) mass is 287 g/mol. The topological polar surface area (TPSA) is 12.0 Å². The van der Waals surface area contributed by atoms with Crippen LogP contribution in [0.1, 0.15) is 37.4 Å². The second kappa shape index (κ2) is 7.47. The molecule has 2 aromatic rings. The predicted molar refractivity (Wildman–Crippen MR) is 86.9 cm³/mol. The van der Waals surface area contributed by atoms with E-state index in [-0.39, 0.29) is 0 Å². The Morgan fingerprint density at radius 2 is 1.60 bits per heavy atom. The van der Waals surface area contributed by atoms with Crippen LogP contribution in [0.4, 0.5) is 0 Å². The van der Waals surface area contributed by atoms with Gasteiger partial charge in [-0.25, -0.2) is 0 Å². The fourth-order valence-electron chi connectivity index (χ4n) is 2.37. The molecule has 0 saturated heterocycles. The summed E-state index contributed by atoms with van der Waals surface area (Å²) in [4.78, 5) is 0. The third-order valence-electron chi connectivity index (χ3n) is 3.41. The molecule has 1 unspecified atom stereocenters. The van der Waals surface area contributed by atoms with Crippen LogP contribution in [-0.2, 0) is 6.54 Å².